The average molecular weight is 291 g/mol. The Morgan fingerprint density at radius 3 is 2.80 bits per heavy atom. The zero-order valence-electron chi connectivity index (χ0n) is 11.5. The maximum absolute atomic E-state index is 11.3. The van der Waals surface area contributed by atoms with Crippen molar-refractivity contribution in [3.63, 3.8) is 0 Å². The van der Waals surface area contributed by atoms with Gasteiger partial charge in [-0.05, 0) is 30.0 Å². The summed E-state index contributed by atoms with van der Waals surface area (Å²) in [4.78, 5) is 12.6. The summed E-state index contributed by atoms with van der Waals surface area (Å²) >= 11 is 1.72. The molecule has 20 heavy (non-hydrogen) atoms. The number of rotatable bonds is 6. The summed E-state index contributed by atoms with van der Waals surface area (Å²) in [5.74, 6) is 0.178. The number of carbonyl (C=O) groups is 1. The first-order valence-corrected chi connectivity index (χ1v) is 7.34. The zero-order valence-corrected chi connectivity index (χ0v) is 12.3. The Bertz CT molecular complexity index is 540. The maximum atomic E-state index is 11.3. The Kier molecular flexibility index (Phi) is 5.06. The summed E-state index contributed by atoms with van der Waals surface area (Å²) in [5.41, 5.74) is 0.209. The van der Waals surface area contributed by atoms with Gasteiger partial charge < -0.3 is 10.1 Å². The van der Waals surface area contributed by atoms with Crippen molar-refractivity contribution < 1.29 is 9.53 Å². The Hall–Kier alpha value is -1.95. The normalized spacial score (nSPS) is 11.9. The van der Waals surface area contributed by atoms with Crippen LogP contribution in [0.5, 0.6) is 0 Å². The van der Waals surface area contributed by atoms with E-state index < -0.39 is 5.97 Å². The van der Waals surface area contributed by atoms with Crippen LogP contribution in [0.25, 0.3) is 0 Å². The number of carbonyl (C=O) groups excluding carboxylic acids is 1. The summed E-state index contributed by atoms with van der Waals surface area (Å²) in [6.45, 7) is 2.15. The van der Waals surface area contributed by atoms with Crippen LogP contribution >= 0.6 is 11.3 Å². The molecule has 2 heterocycles. The molecule has 2 aromatic rings. The van der Waals surface area contributed by atoms with Gasteiger partial charge in [0.25, 0.3) is 0 Å². The highest BCUT2D eigenvalue weighted by Crippen LogP contribution is 2.26. The summed E-state index contributed by atoms with van der Waals surface area (Å²) in [6, 6.07) is 7.72. The smallest absolute Gasteiger partial charge is 0.358 e. The van der Waals surface area contributed by atoms with Crippen LogP contribution in [-0.2, 0) is 4.74 Å². The Morgan fingerprint density at radius 1 is 1.40 bits per heavy atom. The molecule has 0 amide bonds. The molecule has 1 unspecified atom stereocenters. The number of hydrogen-bond donors (Lipinski definition) is 1. The lowest BCUT2D eigenvalue weighted by atomic mass is 10.1. The third-order valence-electron chi connectivity index (χ3n) is 2.85. The van der Waals surface area contributed by atoms with Crippen LogP contribution in [0.1, 0.15) is 41.2 Å². The van der Waals surface area contributed by atoms with E-state index in [4.69, 9.17) is 0 Å². The van der Waals surface area contributed by atoms with Crippen molar-refractivity contribution in [2.24, 2.45) is 0 Å². The SMILES string of the molecule is CCCC(Nc1ccc(C(=O)OC)nn1)c1cccs1. The molecule has 0 radical (unpaired) electrons. The van der Waals surface area contributed by atoms with Gasteiger partial charge >= 0.3 is 5.97 Å². The number of thiophene rings is 1. The summed E-state index contributed by atoms with van der Waals surface area (Å²) < 4.78 is 4.59. The molecule has 5 nitrogen and oxygen atoms in total. The van der Waals surface area contributed by atoms with Crippen LogP contribution < -0.4 is 5.32 Å². The molecule has 1 atom stereocenters. The minimum absolute atomic E-state index is 0.209. The van der Waals surface area contributed by atoms with E-state index in [1.807, 2.05) is 6.07 Å². The van der Waals surface area contributed by atoms with Crippen LogP contribution in [0.3, 0.4) is 0 Å². The molecule has 0 bridgehead atoms. The highest BCUT2D eigenvalue weighted by Gasteiger charge is 2.13. The van der Waals surface area contributed by atoms with Crippen LogP contribution in [0.4, 0.5) is 5.82 Å². The van der Waals surface area contributed by atoms with Gasteiger partial charge in [0.2, 0.25) is 0 Å². The van der Waals surface area contributed by atoms with E-state index in [1.165, 1.54) is 12.0 Å². The number of aromatic nitrogens is 2. The first-order chi connectivity index (χ1) is 9.74. The van der Waals surface area contributed by atoms with Crippen molar-refractivity contribution in [1.82, 2.24) is 10.2 Å². The Labute approximate surface area is 122 Å². The molecule has 0 saturated carbocycles. The van der Waals surface area contributed by atoms with Crippen LogP contribution in [-0.4, -0.2) is 23.3 Å². The summed E-state index contributed by atoms with van der Waals surface area (Å²) in [7, 11) is 1.32. The number of ether oxygens (including phenoxy) is 1. The molecule has 0 fully saturated rings. The highest BCUT2D eigenvalue weighted by molar-refractivity contribution is 7.10. The van der Waals surface area contributed by atoms with E-state index in [2.05, 4.69) is 38.6 Å². The molecule has 2 rings (SSSR count). The molecule has 0 saturated heterocycles. The van der Waals surface area contributed by atoms with Gasteiger partial charge in [-0.25, -0.2) is 4.79 Å². The minimum Gasteiger partial charge on any atom is -0.464 e. The van der Waals surface area contributed by atoms with E-state index in [0.717, 1.165) is 12.8 Å². The van der Waals surface area contributed by atoms with Crippen molar-refractivity contribution in [3.8, 4) is 0 Å². The number of nitrogens with one attached hydrogen (secondary N) is 1. The van der Waals surface area contributed by atoms with Crippen molar-refractivity contribution in [2.45, 2.75) is 25.8 Å². The lowest BCUT2D eigenvalue weighted by molar-refractivity contribution is 0.0593. The number of anilines is 1. The van der Waals surface area contributed by atoms with Gasteiger partial charge in [-0.1, -0.05) is 19.4 Å². The van der Waals surface area contributed by atoms with Crippen LogP contribution in [0.15, 0.2) is 29.6 Å². The molecule has 0 aliphatic rings. The first kappa shape index (κ1) is 14.5. The monoisotopic (exact) mass is 291 g/mol. The van der Waals surface area contributed by atoms with Gasteiger partial charge in [0.15, 0.2) is 5.69 Å². The molecular formula is C14H17N3O2S. The summed E-state index contributed by atoms with van der Waals surface area (Å²) in [6.07, 6.45) is 2.09. The van der Waals surface area contributed by atoms with Gasteiger partial charge in [-0.2, -0.15) is 0 Å². The fourth-order valence-electron chi connectivity index (χ4n) is 1.86. The lowest BCUT2D eigenvalue weighted by Gasteiger charge is -2.16. The first-order valence-electron chi connectivity index (χ1n) is 6.46. The molecule has 1 N–H and O–H groups in total. The van der Waals surface area contributed by atoms with Gasteiger partial charge in [0.1, 0.15) is 5.82 Å². The molecule has 106 valence electrons. The summed E-state index contributed by atoms with van der Waals surface area (Å²) in [5, 5.41) is 13.3. The average Bonchev–Trinajstić information content (AvgIpc) is 3.01. The van der Waals surface area contributed by atoms with Gasteiger partial charge in [0.05, 0.1) is 13.2 Å². The zero-order chi connectivity index (χ0) is 14.4. The van der Waals surface area contributed by atoms with E-state index in [1.54, 1.807) is 23.5 Å². The topological polar surface area (TPSA) is 64.1 Å². The van der Waals surface area contributed by atoms with E-state index in [-0.39, 0.29) is 11.7 Å². The molecular weight excluding hydrogens is 274 g/mol. The molecule has 2 aromatic heterocycles. The van der Waals surface area contributed by atoms with Crippen molar-refractivity contribution in [2.75, 3.05) is 12.4 Å². The molecule has 0 aromatic carbocycles. The number of methoxy groups -OCH3 is 1. The predicted octanol–water partition coefficient (Wildman–Crippen LogP) is 3.28. The van der Waals surface area contributed by atoms with Crippen molar-refractivity contribution >= 4 is 23.1 Å². The van der Waals surface area contributed by atoms with Crippen LogP contribution in [0, 0.1) is 0 Å². The quantitative estimate of drug-likeness (QED) is 0.827. The largest absolute Gasteiger partial charge is 0.464 e. The second-order valence-corrected chi connectivity index (χ2v) is 5.28. The molecule has 0 spiro atoms. The number of esters is 1. The lowest BCUT2D eigenvalue weighted by Crippen LogP contribution is -2.12. The highest BCUT2D eigenvalue weighted by atomic mass is 32.1. The molecule has 6 heteroatoms. The fraction of sp³-hybridized carbons (Fsp3) is 0.357. The second-order valence-electron chi connectivity index (χ2n) is 4.30. The van der Waals surface area contributed by atoms with Crippen molar-refractivity contribution in [3.05, 3.63) is 40.2 Å². The van der Waals surface area contributed by atoms with Gasteiger partial charge in [-0.15, -0.1) is 21.5 Å². The Balaban J connectivity index is 2.09. The predicted molar refractivity (Wildman–Crippen MR) is 79.0 cm³/mol. The van der Waals surface area contributed by atoms with Crippen molar-refractivity contribution in [1.29, 1.82) is 0 Å². The van der Waals surface area contributed by atoms with Crippen LogP contribution in [0.2, 0.25) is 0 Å². The second kappa shape index (κ2) is 7.00. The third kappa shape index (κ3) is 3.54. The third-order valence-corrected chi connectivity index (χ3v) is 3.83. The maximum Gasteiger partial charge on any atom is 0.358 e. The van der Waals surface area contributed by atoms with Gasteiger partial charge in [0, 0.05) is 4.88 Å². The Morgan fingerprint density at radius 2 is 2.25 bits per heavy atom. The van der Waals surface area contributed by atoms with E-state index >= 15 is 0 Å². The van der Waals surface area contributed by atoms with E-state index in [0.29, 0.717) is 5.82 Å². The number of hydrogen-bond acceptors (Lipinski definition) is 6. The van der Waals surface area contributed by atoms with E-state index in [9.17, 15) is 4.79 Å². The number of nitrogens with zero attached hydrogens (tertiary/aromatic N) is 2. The standard InChI is InChI=1S/C14H17N3O2S/c1-3-5-10(12-6-4-9-20-12)15-13-8-7-11(16-17-13)14(18)19-2/h4,6-10H,3,5H2,1-2H3,(H,15,17). The molecule has 0 aliphatic carbocycles. The fourth-order valence-corrected chi connectivity index (χ4v) is 2.68. The molecule has 0 aliphatic heterocycles. The van der Waals surface area contributed by atoms with Gasteiger partial charge in [-0.3, -0.25) is 0 Å². The minimum atomic E-state index is -0.479.